The quantitative estimate of drug-likeness (QED) is 0.640. The average Bonchev–Trinajstić information content (AvgIpc) is 2.65. The van der Waals surface area contributed by atoms with E-state index in [1.165, 1.54) is 0 Å². The molecule has 4 heteroatoms. The minimum atomic E-state index is -0.563. The zero-order valence-electron chi connectivity index (χ0n) is 16.3. The van der Waals surface area contributed by atoms with E-state index in [4.69, 9.17) is 5.73 Å². The van der Waals surface area contributed by atoms with Gasteiger partial charge in [0.25, 0.3) is 0 Å². The Labute approximate surface area is 153 Å². The first-order valence-electron chi connectivity index (χ1n) is 9.64. The second-order valence-corrected chi connectivity index (χ2v) is 7.15. The molecule has 0 fully saturated rings. The van der Waals surface area contributed by atoms with Gasteiger partial charge in [0.1, 0.15) is 0 Å². The summed E-state index contributed by atoms with van der Waals surface area (Å²) in [7, 11) is 1.82. The first-order valence-corrected chi connectivity index (χ1v) is 9.64. The van der Waals surface area contributed by atoms with Crippen LogP contribution in [0.3, 0.4) is 0 Å². The van der Waals surface area contributed by atoms with Crippen LogP contribution < -0.4 is 5.73 Å². The molecular weight excluding hydrogens is 312 g/mol. The molecular formula is C21H36N2O2. The fraction of sp³-hybridized carbons (Fsp3) is 0.667. The molecule has 0 radical (unpaired) electrons. The number of benzene rings is 1. The van der Waals surface area contributed by atoms with E-state index in [0.29, 0.717) is 18.9 Å². The summed E-state index contributed by atoms with van der Waals surface area (Å²) in [6.07, 6.45) is 4.16. The number of nitrogens with two attached hydrogens (primary N) is 1. The van der Waals surface area contributed by atoms with Gasteiger partial charge in [0.05, 0.1) is 12.0 Å². The molecule has 0 heterocycles. The van der Waals surface area contributed by atoms with E-state index >= 15 is 0 Å². The maximum Gasteiger partial charge on any atom is 0.226 e. The fourth-order valence-corrected chi connectivity index (χ4v) is 3.27. The van der Waals surface area contributed by atoms with Crippen LogP contribution in [0.15, 0.2) is 30.3 Å². The summed E-state index contributed by atoms with van der Waals surface area (Å²) in [4.78, 5) is 14.5. The summed E-state index contributed by atoms with van der Waals surface area (Å²) in [6, 6.07) is 9.56. The van der Waals surface area contributed by atoms with Crippen LogP contribution in [0.1, 0.15) is 64.5 Å². The van der Waals surface area contributed by atoms with Crippen LogP contribution in [0.25, 0.3) is 0 Å². The van der Waals surface area contributed by atoms with Crippen molar-refractivity contribution in [3.05, 3.63) is 35.9 Å². The standard InChI is InChI=1S/C21H36N2O2/c1-5-17(6-2)12-13-19(15-22)21(25)23(4)16(3)14-20(24)18-10-8-7-9-11-18/h7-11,16-17,19-20,24H,5-6,12-15,22H2,1-4H3/t16-,19-,20?/m0/s1. The van der Waals surface area contributed by atoms with Crippen LogP contribution in [-0.4, -0.2) is 35.5 Å². The highest BCUT2D eigenvalue weighted by molar-refractivity contribution is 5.79. The van der Waals surface area contributed by atoms with Crippen molar-refractivity contribution in [2.45, 2.75) is 65.0 Å². The summed E-state index contributed by atoms with van der Waals surface area (Å²) in [5.41, 5.74) is 6.76. The van der Waals surface area contributed by atoms with E-state index in [1.54, 1.807) is 4.90 Å². The Balaban J connectivity index is 2.59. The van der Waals surface area contributed by atoms with Gasteiger partial charge < -0.3 is 15.7 Å². The molecule has 0 aliphatic heterocycles. The molecule has 0 aromatic heterocycles. The maximum absolute atomic E-state index is 12.8. The highest BCUT2D eigenvalue weighted by Crippen LogP contribution is 2.23. The molecule has 1 aromatic carbocycles. The van der Waals surface area contributed by atoms with E-state index in [0.717, 1.165) is 31.2 Å². The van der Waals surface area contributed by atoms with Gasteiger partial charge in [-0.2, -0.15) is 0 Å². The van der Waals surface area contributed by atoms with Crippen molar-refractivity contribution in [3.8, 4) is 0 Å². The number of aliphatic hydroxyl groups excluding tert-OH is 1. The van der Waals surface area contributed by atoms with Crippen molar-refractivity contribution < 1.29 is 9.90 Å². The van der Waals surface area contributed by atoms with Gasteiger partial charge in [-0.1, -0.05) is 57.0 Å². The molecule has 3 N–H and O–H groups in total. The van der Waals surface area contributed by atoms with Crippen molar-refractivity contribution in [2.24, 2.45) is 17.6 Å². The third-order valence-corrected chi connectivity index (χ3v) is 5.47. The Morgan fingerprint density at radius 1 is 1.16 bits per heavy atom. The highest BCUT2D eigenvalue weighted by Gasteiger charge is 2.26. The van der Waals surface area contributed by atoms with Crippen molar-refractivity contribution in [2.75, 3.05) is 13.6 Å². The first kappa shape index (κ1) is 21.7. The molecule has 1 rings (SSSR count). The normalized spacial score (nSPS) is 15.0. The second kappa shape index (κ2) is 11.3. The Kier molecular flexibility index (Phi) is 9.76. The van der Waals surface area contributed by atoms with Gasteiger partial charge >= 0.3 is 0 Å². The number of carbonyl (C=O) groups excluding carboxylic acids is 1. The molecule has 0 saturated carbocycles. The maximum atomic E-state index is 12.8. The van der Waals surface area contributed by atoms with E-state index in [-0.39, 0.29) is 17.9 Å². The number of amides is 1. The number of hydrogen-bond acceptors (Lipinski definition) is 3. The molecule has 0 spiro atoms. The van der Waals surface area contributed by atoms with E-state index in [9.17, 15) is 9.90 Å². The summed E-state index contributed by atoms with van der Waals surface area (Å²) >= 11 is 0. The highest BCUT2D eigenvalue weighted by atomic mass is 16.3. The molecule has 0 aliphatic carbocycles. The largest absolute Gasteiger partial charge is 0.388 e. The Morgan fingerprint density at radius 2 is 1.76 bits per heavy atom. The molecule has 0 bridgehead atoms. The van der Waals surface area contributed by atoms with Gasteiger partial charge in [0.15, 0.2) is 0 Å². The van der Waals surface area contributed by atoms with Gasteiger partial charge in [-0.3, -0.25) is 4.79 Å². The summed E-state index contributed by atoms with van der Waals surface area (Å²) < 4.78 is 0. The molecule has 4 nitrogen and oxygen atoms in total. The lowest BCUT2D eigenvalue weighted by atomic mass is 9.91. The van der Waals surface area contributed by atoms with Gasteiger partial charge in [-0.15, -0.1) is 0 Å². The summed E-state index contributed by atoms with van der Waals surface area (Å²) in [6.45, 7) is 6.77. The third kappa shape index (κ3) is 6.79. The monoisotopic (exact) mass is 348 g/mol. The minimum absolute atomic E-state index is 0.0371. The average molecular weight is 349 g/mol. The predicted octanol–water partition coefficient (Wildman–Crippen LogP) is 3.75. The van der Waals surface area contributed by atoms with Gasteiger partial charge in [-0.05, 0) is 37.7 Å². The zero-order chi connectivity index (χ0) is 18.8. The Bertz CT molecular complexity index is 488. The number of rotatable bonds is 11. The van der Waals surface area contributed by atoms with Crippen LogP contribution in [0.2, 0.25) is 0 Å². The molecule has 142 valence electrons. The van der Waals surface area contributed by atoms with Crippen LogP contribution in [0.4, 0.5) is 0 Å². The zero-order valence-corrected chi connectivity index (χ0v) is 16.3. The Morgan fingerprint density at radius 3 is 2.28 bits per heavy atom. The molecule has 1 aromatic rings. The SMILES string of the molecule is CCC(CC)CC[C@@H](CN)C(=O)N(C)[C@@H](C)CC(O)c1ccccc1. The number of nitrogens with zero attached hydrogens (tertiary/aromatic N) is 1. The third-order valence-electron chi connectivity index (χ3n) is 5.47. The lowest BCUT2D eigenvalue weighted by molar-refractivity contribution is -0.136. The predicted molar refractivity (Wildman–Crippen MR) is 104 cm³/mol. The molecule has 1 amide bonds. The van der Waals surface area contributed by atoms with Crippen LogP contribution in [0, 0.1) is 11.8 Å². The Hall–Kier alpha value is -1.39. The second-order valence-electron chi connectivity index (χ2n) is 7.15. The molecule has 3 atom stereocenters. The first-order chi connectivity index (χ1) is 11.9. The van der Waals surface area contributed by atoms with Crippen LogP contribution >= 0.6 is 0 Å². The van der Waals surface area contributed by atoms with Gasteiger partial charge in [-0.25, -0.2) is 0 Å². The molecule has 1 unspecified atom stereocenters. The van der Waals surface area contributed by atoms with Gasteiger partial charge in [0.2, 0.25) is 5.91 Å². The summed E-state index contributed by atoms with van der Waals surface area (Å²) in [5.74, 6) is 0.646. The molecule has 0 aliphatic rings. The van der Waals surface area contributed by atoms with Gasteiger partial charge in [0, 0.05) is 19.6 Å². The van der Waals surface area contributed by atoms with Crippen molar-refractivity contribution in [1.29, 1.82) is 0 Å². The summed E-state index contributed by atoms with van der Waals surface area (Å²) in [5, 5.41) is 10.4. The van der Waals surface area contributed by atoms with E-state index in [1.807, 2.05) is 44.3 Å². The van der Waals surface area contributed by atoms with Crippen molar-refractivity contribution >= 4 is 5.91 Å². The van der Waals surface area contributed by atoms with Crippen LogP contribution in [-0.2, 0) is 4.79 Å². The lowest BCUT2D eigenvalue weighted by Gasteiger charge is -2.30. The fourth-order valence-electron chi connectivity index (χ4n) is 3.27. The number of hydrogen-bond donors (Lipinski definition) is 2. The number of carbonyl (C=O) groups is 1. The van der Waals surface area contributed by atoms with E-state index in [2.05, 4.69) is 13.8 Å². The number of aliphatic hydroxyl groups is 1. The van der Waals surface area contributed by atoms with Crippen molar-refractivity contribution in [1.82, 2.24) is 4.90 Å². The topological polar surface area (TPSA) is 66.6 Å². The molecule has 0 saturated heterocycles. The van der Waals surface area contributed by atoms with E-state index < -0.39 is 6.10 Å². The smallest absolute Gasteiger partial charge is 0.226 e. The molecule has 25 heavy (non-hydrogen) atoms. The minimum Gasteiger partial charge on any atom is -0.388 e. The van der Waals surface area contributed by atoms with Crippen LogP contribution in [0.5, 0.6) is 0 Å². The lowest BCUT2D eigenvalue weighted by Crippen LogP contribution is -2.42. The van der Waals surface area contributed by atoms with Crippen molar-refractivity contribution in [3.63, 3.8) is 0 Å².